The van der Waals surface area contributed by atoms with Gasteiger partial charge >= 0.3 is 6.03 Å². The van der Waals surface area contributed by atoms with Crippen molar-refractivity contribution in [3.8, 4) is 0 Å². The van der Waals surface area contributed by atoms with E-state index in [1.807, 2.05) is 0 Å². The van der Waals surface area contributed by atoms with Gasteiger partial charge in [-0.15, -0.1) is 0 Å². The molecule has 0 bridgehead atoms. The third-order valence-corrected chi connectivity index (χ3v) is 4.43. The summed E-state index contributed by atoms with van der Waals surface area (Å²) in [5.74, 6) is 0.753. The van der Waals surface area contributed by atoms with Gasteiger partial charge in [0, 0.05) is 19.6 Å². The highest BCUT2D eigenvalue weighted by Gasteiger charge is 2.31. The Kier molecular flexibility index (Phi) is 4.66. The molecule has 2 aliphatic rings. The number of carbonyl (C=O) groups excluding carboxylic acids is 2. The van der Waals surface area contributed by atoms with Crippen LogP contribution >= 0.6 is 0 Å². The SMILES string of the molecule is CC[C@@H]1CCC[C@@H](NC(=O)N[C@@H]2CCN(C)C2=O)C1. The zero-order chi connectivity index (χ0) is 13.8. The van der Waals surface area contributed by atoms with Gasteiger partial charge in [0.1, 0.15) is 6.04 Å². The van der Waals surface area contributed by atoms with Crippen LogP contribution in [0.3, 0.4) is 0 Å². The van der Waals surface area contributed by atoms with Crippen molar-refractivity contribution in [2.75, 3.05) is 13.6 Å². The summed E-state index contributed by atoms with van der Waals surface area (Å²) >= 11 is 0. The lowest BCUT2D eigenvalue weighted by Gasteiger charge is -2.29. The molecular weight excluding hydrogens is 242 g/mol. The predicted molar refractivity (Wildman–Crippen MR) is 73.7 cm³/mol. The summed E-state index contributed by atoms with van der Waals surface area (Å²) in [4.78, 5) is 25.3. The Morgan fingerprint density at radius 2 is 2.11 bits per heavy atom. The van der Waals surface area contributed by atoms with Crippen molar-refractivity contribution >= 4 is 11.9 Å². The van der Waals surface area contributed by atoms with E-state index in [-0.39, 0.29) is 24.0 Å². The molecular formula is C14H25N3O2. The normalized spacial score (nSPS) is 31.4. The molecule has 3 amide bonds. The van der Waals surface area contributed by atoms with E-state index in [0.717, 1.165) is 25.3 Å². The smallest absolute Gasteiger partial charge is 0.315 e. The highest BCUT2D eigenvalue weighted by molar-refractivity contribution is 5.88. The maximum Gasteiger partial charge on any atom is 0.315 e. The minimum absolute atomic E-state index is 0.0187. The molecule has 0 aromatic carbocycles. The van der Waals surface area contributed by atoms with Crippen LogP contribution in [-0.4, -0.2) is 42.5 Å². The third kappa shape index (κ3) is 3.61. The van der Waals surface area contributed by atoms with Crippen molar-refractivity contribution < 1.29 is 9.59 Å². The van der Waals surface area contributed by atoms with Gasteiger partial charge < -0.3 is 15.5 Å². The Morgan fingerprint density at radius 1 is 1.32 bits per heavy atom. The number of likely N-dealkylation sites (tertiary alicyclic amines) is 1. The molecule has 0 spiro atoms. The van der Waals surface area contributed by atoms with Crippen LogP contribution in [0.4, 0.5) is 4.79 Å². The molecule has 2 rings (SSSR count). The van der Waals surface area contributed by atoms with Gasteiger partial charge in [-0.1, -0.05) is 26.2 Å². The minimum Gasteiger partial charge on any atom is -0.344 e. The molecule has 5 heteroatoms. The lowest BCUT2D eigenvalue weighted by atomic mass is 9.84. The van der Waals surface area contributed by atoms with Gasteiger partial charge in [-0.2, -0.15) is 0 Å². The Balaban J connectivity index is 1.76. The average Bonchev–Trinajstić information content (AvgIpc) is 2.71. The van der Waals surface area contributed by atoms with Gasteiger partial charge in [-0.25, -0.2) is 4.79 Å². The highest BCUT2D eigenvalue weighted by Crippen LogP contribution is 2.26. The van der Waals surface area contributed by atoms with Crippen molar-refractivity contribution in [2.45, 2.75) is 57.5 Å². The number of nitrogens with zero attached hydrogens (tertiary/aromatic N) is 1. The first kappa shape index (κ1) is 14.2. The van der Waals surface area contributed by atoms with E-state index < -0.39 is 0 Å². The van der Waals surface area contributed by atoms with Crippen LogP contribution in [0.25, 0.3) is 0 Å². The number of rotatable bonds is 3. The van der Waals surface area contributed by atoms with Crippen LogP contribution in [0, 0.1) is 5.92 Å². The maximum absolute atomic E-state index is 11.9. The number of nitrogens with one attached hydrogen (secondary N) is 2. The molecule has 0 aromatic rings. The minimum atomic E-state index is -0.337. The fourth-order valence-corrected chi connectivity index (χ4v) is 3.13. The van der Waals surface area contributed by atoms with Gasteiger partial charge in [0.2, 0.25) is 5.91 Å². The Hall–Kier alpha value is -1.26. The summed E-state index contributed by atoms with van der Waals surface area (Å²) in [6, 6.07) is -0.251. The summed E-state index contributed by atoms with van der Waals surface area (Å²) in [6.45, 7) is 2.94. The Morgan fingerprint density at radius 3 is 2.74 bits per heavy atom. The summed E-state index contributed by atoms with van der Waals surface area (Å²) in [7, 11) is 1.77. The van der Waals surface area contributed by atoms with Crippen molar-refractivity contribution in [3.05, 3.63) is 0 Å². The van der Waals surface area contributed by atoms with Crippen molar-refractivity contribution in [1.82, 2.24) is 15.5 Å². The highest BCUT2D eigenvalue weighted by atomic mass is 16.2. The van der Waals surface area contributed by atoms with E-state index in [9.17, 15) is 9.59 Å². The number of hydrogen-bond acceptors (Lipinski definition) is 2. The molecule has 2 N–H and O–H groups in total. The zero-order valence-electron chi connectivity index (χ0n) is 11.9. The number of amides is 3. The van der Waals surface area contributed by atoms with Crippen LogP contribution in [0.2, 0.25) is 0 Å². The first-order chi connectivity index (χ1) is 9.10. The van der Waals surface area contributed by atoms with Gasteiger partial charge in [0.15, 0.2) is 0 Å². The molecule has 2 fully saturated rings. The van der Waals surface area contributed by atoms with E-state index in [4.69, 9.17) is 0 Å². The van der Waals surface area contributed by atoms with Gasteiger partial charge in [-0.3, -0.25) is 4.79 Å². The molecule has 1 aliphatic heterocycles. The average molecular weight is 267 g/mol. The molecule has 0 radical (unpaired) electrons. The number of carbonyl (C=O) groups is 2. The van der Waals surface area contributed by atoms with Gasteiger partial charge in [0.25, 0.3) is 0 Å². The van der Waals surface area contributed by atoms with Crippen LogP contribution in [0.15, 0.2) is 0 Å². The summed E-state index contributed by atoms with van der Waals surface area (Å²) in [5.41, 5.74) is 0. The molecule has 108 valence electrons. The van der Waals surface area contributed by atoms with Gasteiger partial charge in [0.05, 0.1) is 0 Å². The Bertz CT molecular complexity index is 346. The molecule has 1 saturated heterocycles. The van der Waals surface area contributed by atoms with E-state index in [1.54, 1.807) is 11.9 Å². The Labute approximate surface area is 115 Å². The van der Waals surface area contributed by atoms with Crippen LogP contribution in [0.5, 0.6) is 0 Å². The molecule has 19 heavy (non-hydrogen) atoms. The van der Waals surface area contributed by atoms with Crippen molar-refractivity contribution in [1.29, 1.82) is 0 Å². The predicted octanol–water partition coefficient (Wildman–Crippen LogP) is 1.49. The summed E-state index contributed by atoms with van der Waals surface area (Å²) in [5, 5.41) is 5.82. The first-order valence-corrected chi connectivity index (χ1v) is 7.42. The van der Waals surface area contributed by atoms with E-state index in [2.05, 4.69) is 17.6 Å². The topological polar surface area (TPSA) is 61.4 Å². The van der Waals surface area contributed by atoms with Crippen LogP contribution in [0.1, 0.15) is 45.4 Å². The monoisotopic (exact) mass is 267 g/mol. The number of hydrogen-bond donors (Lipinski definition) is 2. The first-order valence-electron chi connectivity index (χ1n) is 7.42. The standard InChI is InChI=1S/C14H25N3O2/c1-3-10-5-4-6-11(9-10)15-14(19)16-12-7-8-17(2)13(12)18/h10-12H,3-9H2,1-2H3,(H2,15,16,19)/t10-,11-,12-/m1/s1. The molecule has 3 atom stereocenters. The zero-order valence-corrected chi connectivity index (χ0v) is 11.9. The molecule has 5 nitrogen and oxygen atoms in total. The fourth-order valence-electron chi connectivity index (χ4n) is 3.13. The van der Waals surface area contributed by atoms with Crippen LogP contribution < -0.4 is 10.6 Å². The third-order valence-electron chi connectivity index (χ3n) is 4.43. The lowest BCUT2D eigenvalue weighted by Crippen LogP contribution is -2.49. The van der Waals surface area contributed by atoms with Crippen molar-refractivity contribution in [3.63, 3.8) is 0 Å². The van der Waals surface area contributed by atoms with Crippen molar-refractivity contribution in [2.24, 2.45) is 5.92 Å². The number of urea groups is 1. The molecule has 1 saturated carbocycles. The second-order valence-electron chi connectivity index (χ2n) is 5.86. The number of likely N-dealkylation sites (N-methyl/N-ethyl adjacent to an activating group) is 1. The lowest BCUT2D eigenvalue weighted by molar-refractivity contribution is -0.128. The second-order valence-corrected chi connectivity index (χ2v) is 5.86. The van der Waals surface area contributed by atoms with E-state index in [1.165, 1.54) is 19.3 Å². The molecule has 1 heterocycles. The maximum atomic E-state index is 11.9. The van der Waals surface area contributed by atoms with Crippen LogP contribution in [-0.2, 0) is 4.79 Å². The van der Waals surface area contributed by atoms with E-state index in [0.29, 0.717) is 6.42 Å². The summed E-state index contributed by atoms with van der Waals surface area (Å²) in [6.07, 6.45) is 6.50. The van der Waals surface area contributed by atoms with Gasteiger partial charge in [-0.05, 0) is 25.2 Å². The van der Waals surface area contributed by atoms with E-state index >= 15 is 0 Å². The molecule has 1 aliphatic carbocycles. The second kappa shape index (κ2) is 6.26. The quantitative estimate of drug-likeness (QED) is 0.813. The fraction of sp³-hybridized carbons (Fsp3) is 0.857. The molecule has 0 unspecified atom stereocenters. The largest absolute Gasteiger partial charge is 0.344 e. The molecule has 0 aromatic heterocycles. The summed E-state index contributed by atoms with van der Waals surface area (Å²) < 4.78 is 0.